The number of methoxy groups -OCH3 is 1. The molecule has 2 aromatic rings. The first kappa shape index (κ1) is 20.1. The number of aryl methyl sites for hydroxylation is 1. The number of hydrogen-bond donors (Lipinski definition) is 1. The number of benzene rings is 2. The molecular weight excluding hydrogens is 340 g/mol. The Morgan fingerprint density at radius 1 is 1.19 bits per heavy atom. The molecule has 1 amide bonds. The van der Waals surface area contributed by atoms with Crippen molar-refractivity contribution in [1.29, 1.82) is 5.26 Å². The highest BCUT2D eigenvalue weighted by Gasteiger charge is 2.11. The van der Waals surface area contributed by atoms with Gasteiger partial charge in [-0.15, -0.1) is 0 Å². The molecular formula is C22H24N2O3. The number of nitrogens with zero attached hydrogens (tertiary/aromatic N) is 1. The minimum Gasteiger partial charge on any atom is -0.493 e. The molecule has 0 aliphatic carbocycles. The van der Waals surface area contributed by atoms with Crippen LogP contribution in [0.4, 0.5) is 5.69 Å². The Morgan fingerprint density at radius 3 is 2.48 bits per heavy atom. The van der Waals surface area contributed by atoms with Crippen LogP contribution in [-0.4, -0.2) is 19.6 Å². The summed E-state index contributed by atoms with van der Waals surface area (Å²) in [7, 11) is 1.57. The maximum atomic E-state index is 12.4. The Balaban J connectivity index is 2.22. The second kappa shape index (κ2) is 9.44. The molecule has 0 aliphatic rings. The van der Waals surface area contributed by atoms with Crippen LogP contribution in [0, 0.1) is 24.2 Å². The number of rotatable bonds is 7. The Bertz CT molecular complexity index is 862. The largest absolute Gasteiger partial charge is 0.493 e. The highest BCUT2D eigenvalue weighted by atomic mass is 16.5. The molecule has 0 unspecified atom stereocenters. The van der Waals surface area contributed by atoms with Crippen LogP contribution in [0.2, 0.25) is 0 Å². The summed E-state index contributed by atoms with van der Waals surface area (Å²) < 4.78 is 11.1. The van der Waals surface area contributed by atoms with E-state index in [9.17, 15) is 10.1 Å². The van der Waals surface area contributed by atoms with E-state index in [2.05, 4.69) is 19.2 Å². The van der Waals surface area contributed by atoms with Crippen molar-refractivity contribution >= 4 is 17.7 Å². The summed E-state index contributed by atoms with van der Waals surface area (Å²) in [6.07, 6.45) is 1.53. The van der Waals surface area contributed by atoms with Crippen LogP contribution in [0.3, 0.4) is 0 Å². The third-order valence-electron chi connectivity index (χ3n) is 3.75. The summed E-state index contributed by atoms with van der Waals surface area (Å²) in [5.41, 5.74) is 2.43. The lowest BCUT2D eigenvalue weighted by Crippen LogP contribution is -2.13. The molecule has 0 atom stereocenters. The number of nitrogens with one attached hydrogen (secondary N) is 1. The Hall–Kier alpha value is -3.26. The average molecular weight is 364 g/mol. The fourth-order valence-electron chi connectivity index (χ4n) is 2.30. The van der Waals surface area contributed by atoms with Gasteiger partial charge in [-0.3, -0.25) is 4.79 Å². The van der Waals surface area contributed by atoms with Crippen LogP contribution in [0.25, 0.3) is 6.08 Å². The quantitative estimate of drug-likeness (QED) is 0.576. The van der Waals surface area contributed by atoms with Crippen LogP contribution in [0.15, 0.2) is 48.0 Å². The molecule has 2 rings (SSSR count). The van der Waals surface area contributed by atoms with E-state index < -0.39 is 5.91 Å². The van der Waals surface area contributed by atoms with E-state index in [4.69, 9.17) is 9.47 Å². The smallest absolute Gasteiger partial charge is 0.266 e. The molecule has 0 spiro atoms. The summed E-state index contributed by atoms with van der Waals surface area (Å²) in [5, 5.41) is 12.1. The molecule has 0 heterocycles. The van der Waals surface area contributed by atoms with E-state index >= 15 is 0 Å². The maximum absolute atomic E-state index is 12.4. The van der Waals surface area contributed by atoms with Gasteiger partial charge in [0, 0.05) is 5.69 Å². The highest BCUT2D eigenvalue weighted by molar-refractivity contribution is 6.09. The van der Waals surface area contributed by atoms with Crippen molar-refractivity contribution in [3.63, 3.8) is 0 Å². The highest BCUT2D eigenvalue weighted by Crippen LogP contribution is 2.29. The fourth-order valence-corrected chi connectivity index (χ4v) is 2.30. The number of hydrogen-bond acceptors (Lipinski definition) is 4. The van der Waals surface area contributed by atoms with Gasteiger partial charge in [-0.2, -0.15) is 5.26 Å². The van der Waals surface area contributed by atoms with Crippen molar-refractivity contribution in [3.8, 4) is 17.6 Å². The van der Waals surface area contributed by atoms with E-state index in [0.717, 1.165) is 5.56 Å². The number of nitriles is 1. The van der Waals surface area contributed by atoms with Crippen LogP contribution < -0.4 is 14.8 Å². The molecule has 0 aromatic heterocycles. The van der Waals surface area contributed by atoms with Crippen molar-refractivity contribution in [2.45, 2.75) is 20.8 Å². The Morgan fingerprint density at radius 2 is 1.89 bits per heavy atom. The molecule has 0 aliphatic heterocycles. The maximum Gasteiger partial charge on any atom is 0.266 e. The lowest BCUT2D eigenvalue weighted by Gasteiger charge is -2.13. The number of carbonyl (C=O) groups is 1. The molecule has 5 heteroatoms. The van der Waals surface area contributed by atoms with E-state index in [1.54, 1.807) is 37.4 Å². The summed E-state index contributed by atoms with van der Waals surface area (Å²) in [4.78, 5) is 12.4. The van der Waals surface area contributed by atoms with Gasteiger partial charge in [-0.1, -0.05) is 37.6 Å². The number of anilines is 1. The van der Waals surface area contributed by atoms with Crippen LogP contribution in [0.5, 0.6) is 11.5 Å². The van der Waals surface area contributed by atoms with Crippen LogP contribution in [-0.2, 0) is 4.79 Å². The van der Waals surface area contributed by atoms with Gasteiger partial charge >= 0.3 is 0 Å². The summed E-state index contributed by atoms with van der Waals surface area (Å²) >= 11 is 0. The van der Waals surface area contributed by atoms with Crippen LogP contribution >= 0.6 is 0 Å². The van der Waals surface area contributed by atoms with Crippen molar-refractivity contribution in [2.75, 3.05) is 19.0 Å². The molecule has 0 fully saturated rings. The average Bonchev–Trinajstić information content (AvgIpc) is 2.66. The zero-order valence-electron chi connectivity index (χ0n) is 16.1. The normalized spacial score (nSPS) is 11.0. The van der Waals surface area contributed by atoms with Gasteiger partial charge in [0.1, 0.15) is 11.6 Å². The SMILES string of the molecule is COc1ccc(/C=C(\C#N)C(=O)Nc2ccc(C)cc2)cc1OCC(C)C. The van der Waals surface area contributed by atoms with Gasteiger partial charge in [0.15, 0.2) is 11.5 Å². The van der Waals surface area contributed by atoms with Gasteiger partial charge in [0.05, 0.1) is 13.7 Å². The number of carbonyl (C=O) groups excluding carboxylic acids is 1. The number of ether oxygens (including phenoxy) is 2. The summed E-state index contributed by atoms with van der Waals surface area (Å²) in [6, 6.07) is 14.6. The van der Waals surface area contributed by atoms with Gasteiger partial charge in [0.25, 0.3) is 5.91 Å². The molecule has 0 saturated carbocycles. The molecule has 27 heavy (non-hydrogen) atoms. The second-order valence-corrected chi connectivity index (χ2v) is 6.61. The first-order chi connectivity index (χ1) is 12.9. The van der Waals surface area contributed by atoms with E-state index in [0.29, 0.717) is 35.3 Å². The molecule has 0 radical (unpaired) electrons. The summed E-state index contributed by atoms with van der Waals surface area (Å²) in [6.45, 7) is 6.62. The lowest BCUT2D eigenvalue weighted by atomic mass is 10.1. The molecule has 0 bridgehead atoms. The third kappa shape index (κ3) is 5.89. The predicted molar refractivity (Wildman–Crippen MR) is 107 cm³/mol. The van der Waals surface area contributed by atoms with E-state index in [-0.39, 0.29) is 5.57 Å². The van der Waals surface area contributed by atoms with E-state index in [1.165, 1.54) is 6.08 Å². The van der Waals surface area contributed by atoms with Gasteiger partial charge in [0.2, 0.25) is 0 Å². The standard InChI is InChI=1S/C22H24N2O3/c1-15(2)14-27-21-12-17(7-10-20(21)26-4)11-18(13-23)22(25)24-19-8-5-16(3)6-9-19/h5-12,15H,14H2,1-4H3,(H,24,25)/b18-11+. The monoisotopic (exact) mass is 364 g/mol. The van der Waals surface area contributed by atoms with Crippen molar-refractivity contribution < 1.29 is 14.3 Å². The van der Waals surface area contributed by atoms with Crippen LogP contribution in [0.1, 0.15) is 25.0 Å². The third-order valence-corrected chi connectivity index (χ3v) is 3.75. The minimum atomic E-state index is -0.457. The molecule has 140 valence electrons. The van der Waals surface area contributed by atoms with Gasteiger partial charge < -0.3 is 14.8 Å². The zero-order valence-corrected chi connectivity index (χ0v) is 16.1. The van der Waals surface area contributed by atoms with Crippen molar-refractivity contribution in [1.82, 2.24) is 0 Å². The second-order valence-electron chi connectivity index (χ2n) is 6.61. The molecule has 0 saturated heterocycles. The van der Waals surface area contributed by atoms with E-state index in [1.807, 2.05) is 25.1 Å². The van der Waals surface area contributed by atoms with Crippen molar-refractivity contribution in [3.05, 3.63) is 59.2 Å². The first-order valence-electron chi connectivity index (χ1n) is 8.73. The molecule has 1 N–H and O–H groups in total. The zero-order chi connectivity index (χ0) is 19.8. The fraction of sp³-hybridized carbons (Fsp3) is 0.273. The summed E-state index contributed by atoms with van der Waals surface area (Å²) in [5.74, 6) is 1.09. The molecule has 5 nitrogen and oxygen atoms in total. The van der Waals surface area contributed by atoms with Gasteiger partial charge in [-0.05, 0) is 48.7 Å². The Labute approximate surface area is 160 Å². The first-order valence-corrected chi connectivity index (χ1v) is 8.73. The van der Waals surface area contributed by atoms with Crippen molar-refractivity contribution in [2.24, 2.45) is 5.92 Å². The lowest BCUT2D eigenvalue weighted by molar-refractivity contribution is -0.112. The minimum absolute atomic E-state index is 0.00977. The molecule has 2 aromatic carbocycles. The predicted octanol–water partition coefficient (Wildman–Crippen LogP) is 4.58. The topological polar surface area (TPSA) is 71.3 Å². The Kier molecular flexibility index (Phi) is 7.01. The van der Waals surface area contributed by atoms with Gasteiger partial charge in [-0.25, -0.2) is 0 Å². The number of amides is 1.